The van der Waals surface area contributed by atoms with E-state index in [9.17, 15) is 4.79 Å². The van der Waals surface area contributed by atoms with Crippen LogP contribution in [0.5, 0.6) is 5.75 Å². The molecule has 1 N–H and O–H groups in total. The summed E-state index contributed by atoms with van der Waals surface area (Å²) in [4.78, 5) is 16.4. The number of anilines is 1. The number of carbonyl (C=O) groups excluding carboxylic acids is 1. The van der Waals surface area contributed by atoms with Crippen LogP contribution in [0.3, 0.4) is 0 Å². The second-order valence-electron chi connectivity index (χ2n) is 6.66. The predicted molar refractivity (Wildman–Crippen MR) is 102 cm³/mol. The van der Waals surface area contributed by atoms with E-state index in [1.165, 1.54) is 0 Å². The zero-order valence-corrected chi connectivity index (χ0v) is 15.3. The summed E-state index contributed by atoms with van der Waals surface area (Å²) in [5.74, 6) is 1.58. The molecule has 3 heterocycles. The number of amides is 1. The number of nitrogens with one attached hydrogen (secondary N) is 1. The van der Waals surface area contributed by atoms with Crippen molar-refractivity contribution in [3.8, 4) is 5.75 Å². The van der Waals surface area contributed by atoms with E-state index in [0.29, 0.717) is 13.0 Å². The fraction of sp³-hybridized carbons (Fsp3) is 0.350. The van der Waals surface area contributed by atoms with E-state index in [1.54, 1.807) is 12.5 Å². The van der Waals surface area contributed by atoms with Gasteiger partial charge in [0.05, 0.1) is 19.1 Å². The Bertz CT molecular complexity index is 916. The molecule has 0 saturated heterocycles. The second kappa shape index (κ2) is 7.65. The SMILES string of the molecule is CCCn1ncc2c1NC(=O)C[C@@H]2c1ccccc1OCCn1ccnc1. The van der Waals surface area contributed by atoms with E-state index in [0.717, 1.165) is 42.2 Å². The number of aromatic nitrogens is 4. The van der Waals surface area contributed by atoms with Crippen molar-refractivity contribution in [1.29, 1.82) is 0 Å². The van der Waals surface area contributed by atoms with Crippen molar-refractivity contribution in [2.45, 2.75) is 38.8 Å². The van der Waals surface area contributed by atoms with Gasteiger partial charge in [0.2, 0.25) is 5.91 Å². The Balaban J connectivity index is 1.59. The maximum absolute atomic E-state index is 12.3. The molecule has 0 unspecified atom stereocenters. The second-order valence-corrected chi connectivity index (χ2v) is 6.66. The van der Waals surface area contributed by atoms with Crippen LogP contribution in [-0.4, -0.2) is 31.8 Å². The lowest BCUT2D eigenvalue weighted by atomic mass is 9.87. The van der Waals surface area contributed by atoms with Gasteiger partial charge in [0.15, 0.2) is 0 Å². The molecule has 27 heavy (non-hydrogen) atoms. The number of hydrogen-bond acceptors (Lipinski definition) is 4. The van der Waals surface area contributed by atoms with Crippen molar-refractivity contribution >= 4 is 11.7 Å². The Morgan fingerprint density at radius 2 is 2.15 bits per heavy atom. The largest absolute Gasteiger partial charge is 0.491 e. The number of ether oxygens (including phenoxy) is 1. The molecule has 1 aromatic carbocycles. The van der Waals surface area contributed by atoms with Crippen LogP contribution in [0.1, 0.15) is 36.8 Å². The highest BCUT2D eigenvalue weighted by molar-refractivity contribution is 5.94. The van der Waals surface area contributed by atoms with Crippen LogP contribution >= 0.6 is 0 Å². The number of rotatable bonds is 7. The first-order valence-electron chi connectivity index (χ1n) is 9.29. The number of fused-ring (bicyclic) bond motifs is 1. The maximum Gasteiger partial charge on any atom is 0.226 e. The van der Waals surface area contributed by atoms with Gasteiger partial charge in [0.1, 0.15) is 18.2 Å². The predicted octanol–water partition coefficient (Wildman–Crippen LogP) is 3.04. The third-order valence-corrected chi connectivity index (χ3v) is 4.79. The molecule has 0 spiro atoms. The van der Waals surface area contributed by atoms with Crippen LogP contribution in [0.4, 0.5) is 5.82 Å². The molecule has 0 aliphatic carbocycles. The van der Waals surface area contributed by atoms with Crippen molar-refractivity contribution in [1.82, 2.24) is 19.3 Å². The van der Waals surface area contributed by atoms with Crippen LogP contribution in [0.25, 0.3) is 0 Å². The number of hydrogen-bond donors (Lipinski definition) is 1. The average Bonchev–Trinajstić information content (AvgIpc) is 3.32. The van der Waals surface area contributed by atoms with E-state index in [4.69, 9.17) is 4.74 Å². The normalized spacial score (nSPS) is 16.0. The van der Waals surface area contributed by atoms with E-state index in [1.807, 2.05) is 45.9 Å². The number of nitrogens with zero attached hydrogens (tertiary/aromatic N) is 4. The zero-order valence-electron chi connectivity index (χ0n) is 15.3. The summed E-state index contributed by atoms with van der Waals surface area (Å²) in [6.45, 7) is 4.14. The molecule has 1 atom stereocenters. The Labute approximate surface area is 158 Å². The van der Waals surface area contributed by atoms with Gasteiger partial charge in [-0.2, -0.15) is 5.10 Å². The summed E-state index contributed by atoms with van der Waals surface area (Å²) in [6.07, 6.45) is 8.67. The first-order valence-corrected chi connectivity index (χ1v) is 9.29. The molecule has 7 nitrogen and oxygen atoms in total. The zero-order chi connectivity index (χ0) is 18.6. The summed E-state index contributed by atoms with van der Waals surface area (Å²) in [6, 6.07) is 7.95. The molecule has 1 aliphatic heterocycles. The Morgan fingerprint density at radius 1 is 1.26 bits per heavy atom. The Morgan fingerprint density at radius 3 is 2.96 bits per heavy atom. The number of aryl methyl sites for hydroxylation is 1. The van der Waals surface area contributed by atoms with Gasteiger partial charge in [-0.1, -0.05) is 25.1 Å². The number of benzene rings is 1. The minimum absolute atomic E-state index is 0.0126. The highest BCUT2D eigenvalue weighted by atomic mass is 16.5. The molecule has 3 aromatic rings. The fourth-order valence-electron chi connectivity index (χ4n) is 3.51. The molecule has 0 radical (unpaired) electrons. The topological polar surface area (TPSA) is 74.0 Å². The van der Waals surface area contributed by atoms with E-state index in [2.05, 4.69) is 22.3 Å². The summed E-state index contributed by atoms with van der Waals surface area (Å²) in [7, 11) is 0. The fourth-order valence-corrected chi connectivity index (χ4v) is 3.51. The quantitative estimate of drug-likeness (QED) is 0.698. The van der Waals surface area contributed by atoms with Gasteiger partial charge in [0, 0.05) is 42.4 Å². The lowest BCUT2D eigenvalue weighted by Crippen LogP contribution is -2.25. The summed E-state index contributed by atoms with van der Waals surface area (Å²) < 4.78 is 9.91. The van der Waals surface area contributed by atoms with Crippen LogP contribution in [0, 0.1) is 0 Å². The van der Waals surface area contributed by atoms with Gasteiger partial charge < -0.3 is 14.6 Å². The minimum Gasteiger partial charge on any atom is -0.491 e. The van der Waals surface area contributed by atoms with Crippen molar-refractivity contribution in [3.05, 3.63) is 60.3 Å². The van der Waals surface area contributed by atoms with E-state index >= 15 is 0 Å². The molecule has 2 aromatic heterocycles. The van der Waals surface area contributed by atoms with E-state index < -0.39 is 0 Å². The van der Waals surface area contributed by atoms with Crippen LogP contribution in [-0.2, 0) is 17.9 Å². The van der Waals surface area contributed by atoms with Crippen molar-refractivity contribution < 1.29 is 9.53 Å². The smallest absolute Gasteiger partial charge is 0.226 e. The van der Waals surface area contributed by atoms with Crippen LogP contribution in [0.2, 0.25) is 0 Å². The first-order chi connectivity index (χ1) is 13.3. The van der Waals surface area contributed by atoms with Gasteiger partial charge in [-0.3, -0.25) is 4.79 Å². The summed E-state index contributed by atoms with van der Waals surface area (Å²) in [5.41, 5.74) is 2.07. The van der Waals surface area contributed by atoms with Crippen molar-refractivity contribution in [2.24, 2.45) is 0 Å². The molecule has 4 rings (SSSR count). The third-order valence-electron chi connectivity index (χ3n) is 4.79. The molecule has 140 valence electrons. The maximum atomic E-state index is 12.3. The molecule has 0 bridgehead atoms. The molecular weight excluding hydrogens is 342 g/mol. The lowest BCUT2D eigenvalue weighted by molar-refractivity contribution is -0.116. The number of imidazole rings is 1. The molecule has 0 fully saturated rings. The average molecular weight is 365 g/mol. The first kappa shape index (κ1) is 17.3. The number of carbonyl (C=O) groups is 1. The Hall–Kier alpha value is -3.09. The monoisotopic (exact) mass is 365 g/mol. The summed E-state index contributed by atoms with van der Waals surface area (Å²) in [5, 5.41) is 7.46. The minimum atomic E-state index is -0.0520. The van der Waals surface area contributed by atoms with Crippen LogP contribution in [0.15, 0.2) is 49.2 Å². The van der Waals surface area contributed by atoms with Gasteiger partial charge in [0.25, 0.3) is 0 Å². The molecular formula is C20H23N5O2. The van der Waals surface area contributed by atoms with Crippen molar-refractivity contribution in [3.63, 3.8) is 0 Å². The molecule has 1 amide bonds. The summed E-state index contributed by atoms with van der Waals surface area (Å²) >= 11 is 0. The molecule has 0 saturated carbocycles. The Kier molecular flexibility index (Phi) is 4.91. The highest BCUT2D eigenvalue weighted by Crippen LogP contribution is 2.40. The standard InChI is InChI=1S/C20H23N5O2/c1-2-8-25-20-17(13-22-25)16(12-19(26)23-20)15-5-3-4-6-18(15)27-11-10-24-9-7-21-14-24/h3-7,9,13-14,16H,2,8,10-12H2,1H3,(H,23,26)/t16-/m1/s1. The van der Waals surface area contributed by atoms with Gasteiger partial charge >= 0.3 is 0 Å². The van der Waals surface area contributed by atoms with Gasteiger partial charge in [-0.05, 0) is 12.5 Å². The highest BCUT2D eigenvalue weighted by Gasteiger charge is 2.31. The van der Waals surface area contributed by atoms with Gasteiger partial charge in [-0.25, -0.2) is 9.67 Å². The van der Waals surface area contributed by atoms with Crippen molar-refractivity contribution in [2.75, 3.05) is 11.9 Å². The molecule has 1 aliphatic rings. The molecule has 7 heteroatoms. The van der Waals surface area contributed by atoms with Crippen LogP contribution < -0.4 is 10.1 Å². The van der Waals surface area contributed by atoms with E-state index in [-0.39, 0.29) is 11.8 Å². The lowest BCUT2D eigenvalue weighted by Gasteiger charge is -2.25. The third kappa shape index (κ3) is 3.58. The van der Waals surface area contributed by atoms with Gasteiger partial charge in [-0.15, -0.1) is 0 Å². The number of para-hydroxylation sites is 1.